The molecule has 0 aromatic heterocycles. The van der Waals surface area contributed by atoms with Gasteiger partial charge in [0.15, 0.2) is 0 Å². The van der Waals surface area contributed by atoms with E-state index in [4.69, 9.17) is 10.5 Å². The van der Waals surface area contributed by atoms with Crippen molar-refractivity contribution in [1.29, 1.82) is 0 Å². The second-order valence-corrected chi connectivity index (χ2v) is 3.06. The van der Waals surface area contributed by atoms with Crippen molar-refractivity contribution in [2.24, 2.45) is 5.73 Å². The second-order valence-electron chi connectivity index (χ2n) is 3.06. The van der Waals surface area contributed by atoms with E-state index in [1.54, 1.807) is 0 Å². The third-order valence-corrected chi connectivity index (χ3v) is 1.89. The highest BCUT2D eigenvalue weighted by Gasteiger charge is 1.94. The summed E-state index contributed by atoms with van der Waals surface area (Å²) in [7, 11) is 0. The molecule has 1 rings (SSSR count). The minimum Gasteiger partial charge on any atom is -0.492 e. The van der Waals surface area contributed by atoms with Gasteiger partial charge in [-0.15, -0.1) is 0 Å². The molecule has 0 saturated heterocycles. The molecule has 3 nitrogen and oxygen atoms in total. The Hall–Kier alpha value is -1.06. The Morgan fingerprint density at radius 3 is 2.57 bits per heavy atom. The number of hydrogen-bond acceptors (Lipinski definition) is 3. The van der Waals surface area contributed by atoms with Crippen LogP contribution in [0.4, 0.5) is 0 Å². The van der Waals surface area contributed by atoms with E-state index in [9.17, 15) is 0 Å². The number of rotatable bonds is 6. The minimum absolute atomic E-state index is 0.555. The fourth-order valence-electron chi connectivity index (χ4n) is 1.15. The van der Waals surface area contributed by atoms with Gasteiger partial charge in [0, 0.05) is 13.1 Å². The number of nitrogens with two attached hydrogens (primary N) is 1. The summed E-state index contributed by atoms with van der Waals surface area (Å²) >= 11 is 0. The molecule has 0 amide bonds. The monoisotopic (exact) mass is 194 g/mol. The highest BCUT2D eigenvalue weighted by Crippen LogP contribution is 2.11. The van der Waals surface area contributed by atoms with Crippen molar-refractivity contribution in [3.63, 3.8) is 0 Å². The van der Waals surface area contributed by atoms with E-state index in [2.05, 4.69) is 24.4 Å². The van der Waals surface area contributed by atoms with Crippen LogP contribution in [0.15, 0.2) is 24.3 Å². The predicted molar refractivity (Wildman–Crippen MR) is 58.4 cm³/mol. The van der Waals surface area contributed by atoms with Crippen LogP contribution in [0.25, 0.3) is 0 Å². The Morgan fingerprint density at radius 2 is 2.00 bits per heavy atom. The molecule has 0 aliphatic rings. The molecule has 0 saturated carbocycles. The third kappa shape index (κ3) is 3.77. The third-order valence-electron chi connectivity index (χ3n) is 1.89. The summed E-state index contributed by atoms with van der Waals surface area (Å²) in [5.41, 5.74) is 6.61. The zero-order valence-electron chi connectivity index (χ0n) is 8.62. The van der Waals surface area contributed by atoms with Gasteiger partial charge >= 0.3 is 0 Å². The van der Waals surface area contributed by atoms with Crippen LogP contribution in [0.3, 0.4) is 0 Å². The molecule has 0 radical (unpaired) electrons. The minimum atomic E-state index is 0.555. The van der Waals surface area contributed by atoms with Crippen molar-refractivity contribution in [3.8, 4) is 5.75 Å². The van der Waals surface area contributed by atoms with Crippen LogP contribution in [-0.2, 0) is 6.54 Å². The van der Waals surface area contributed by atoms with Gasteiger partial charge in [-0.2, -0.15) is 0 Å². The smallest absolute Gasteiger partial charge is 0.119 e. The van der Waals surface area contributed by atoms with Gasteiger partial charge in [0.25, 0.3) is 0 Å². The van der Waals surface area contributed by atoms with E-state index < -0.39 is 0 Å². The van der Waals surface area contributed by atoms with E-state index >= 15 is 0 Å². The molecule has 1 aromatic carbocycles. The molecule has 0 aliphatic carbocycles. The maximum absolute atomic E-state index is 5.37. The van der Waals surface area contributed by atoms with Crippen molar-refractivity contribution in [1.82, 2.24) is 5.32 Å². The zero-order valence-corrected chi connectivity index (χ0v) is 8.62. The Morgan fingerprint density at radius 1 is 1.29 bits per heavy atom. The van der Waals surface area contributed by atoms with Gasteiger partial charge in [-0.3, -0.25) is 0 Å². The van der Waals surface area contributed by atoms with Gasteiger partial charge in [-0.25, -0.2) is 0 Å². The highest BCUT2D eigenvalue weighted by molar-refractivity contribution is 5.27. The Bertz CT molecular complexity index is 219. The molecule has 0 fully saturated rings. The summed E-state index contributed by atoms with van der Waals surface area (Å²) in [6, 6.07) is 8.08. The Labute approximate surface area is 85.3 Å². The lowest BCUT2D eigenvalue weighted by Crippen LogP contribution is -2.12. The molecule has 0 unspecified atom stereocenters. The van der Waals surface area contributed by atoms with Crippen LogP contribution < -0.4 is 15.8 Å². The molecule has 0 heterocycles. The number of benzene rings is 1. The second kappa shape index (κ2) is 6.40. The van der Waals surface area contributed by atoms with Gasteiger partial charge in [-0.1, -0.05) is 19.1 Å². The van der Waals surface area contributed by atoms with Crippen molar-refractivity contribution in [2.75, 3.05) is 19.7 Å². The van der Waals surface area contributed by atoms with Crippen molar-refractivity contribution in [3.05, 3.63) is 29.8 Å². The lowest BCUT2D eigenvalue weighted by molar-refractivity contribution is 0.328. The number of hydrogen-bond donors (Lipinski definition) is 2. The maximum atomic E-state index is 5.37. The lowest BCUT2D eigenvalue weighted by atomic mass is 10.2. The first kappa shape index (κ1) is 11.0. The van der Waals surface area contributed by atoms with Crippen molar-refractivity contribution >= 4 is 0 Å². The number of ether oxygens (including phenoxy) is 1. The zero-order chi connectivity index (χ0) is 10.2. The fourth-order valence-corrected chi connectivity index (χ4v) is 1.15. The topological polar surface area (TPSA) is 47.3 Å². The van der Waals surface area contributed by atoms with Crippen LogP contribution in [0.5, 0.6) is 5.75 Å². The highest BCUT2D eigenvalue weighted by atomic mass is 16.5. The van der Waals surface area contributed by atoms with E-state index in [1.807, 2.05) is 12.1 Å². The average molecular weight is 194 g/mol. The summed E-state index contributed by atoms with van der Waals surface area (Å²) in [5.74, 6) is 0.885. The lowest BCUT2D eigenvalue weighted by Gasteiger charge is -2.06. The molecule has 78 valence electrons. The molecule has 14 heavy (non-hydrogen) atoms. The fraction of sp³-hybridized carbons (Fsp3) is 0.455. The Balaban J connectivity index is 2.42. The van der Waals surface area contributed by atoms with Crippen LogP contribution >= 0.6 is 0 Å². The van der Waals surface area contributed by atoms with E-state index in [1.165, 1.54) is 5.56 Å². The van der Waals surface area contributed by atoms with E-state index in [0.717, 1.165) is 18.8 Å². The summed E-state index contributed by atoms with van der Waals surface area (Å²) in [6.45, 7) is 5.13. The standard InChI is InChI=1S/C11H18N2O/c1-2-13-9-10-3-5-11(6-4-10)14-8-7-12/h3-6,13H,2,7-9,12H2,1H3. The summed E-state index contributed by atoms with van der Waals surface area (Å²) < 4.78 is 5.37. The predicted octanol–water partition coefficient (Wildman–Crippen LogP) is 1.13. The first-order chi connectivity index (χ1) is 6.86. The molecular formula is C11H18N2O. The largest absolute Gasteiger partial charge is 0.492 e. The molecule has 3 heteroatoms. The van der Waals surface area contributed by atoms with Crippen LogP contribution in [0.1, 0.15) is 12.5 Å². The van der Waals surface area contributed by atoms with Crippen molar-refractivity contribution < 1.29 is 4.74 Å². The molecular weight excluding hydrogens is 176 g/mol. The molecule has 0 atom stereocenters. The van der Waals surface area contributed by atoms with Gasteiger partial charge in [0.1, 0.15) is 12.4 Å². The average Bonchev–Trinajstić information content (AvgIpc) is 2.25. The van der Waals surface area contributed by atoms with Gasteiger partial charge in [0.05, 0.1) is 0 Å². The SMILES string of the molecule is CCNCc1ccc(OCCN)cc1. The van der Waals surface area contributed by atoms with Crippen LogP contribution in [0, 0.1) is 0 Å². The van der Waals surface area contributed by atoms with Gasteiger partial charge in [0.2, 0.25) is 0 Å². The summed E-state index contributed by atoms with van der Waals surface area (Å²) in [6.07, 6.45) is 0. The van der Waals surface area contributed by atoms with E-state index in [-0.39, 0.29) is 0 Å². The molecule has 1 aromatic rings. The number of nitrogens with one attached hydrogen (secondary N) is 1. The normalized spacial score (nSPS) is 10.1. The molecule has 0 bridgehead atoms. The van der Waals surface area contributed by atoms with E-state index in [0.29, 0.717) is 13.2 Å². The molecule has 0 aliphatic heterocycles. The van der Waals surface area contributed by atoms with Gasteiger partial charge < -0.3 is 15.8 Å². The molecule has 0 spiro atoms. The summed E-state index contributed by atoms with van der Waals surface area (Å²) in [4.78, 5) is 0. The summed E-state index contributed by atoms with van der Waals surface area (Å²) in [5, 5.41) is 3.27. The molecule has 3 N–H and O–H groups in total. The first-order valence-corrected chi connectivity index (χ1v) is 4.99. The van der Waals surface area contributed by atoms with Crippen LogP contribution in [0.2, 0.25) is 0 Å². The van der Waals surface area contributed by atoms with Gasteiger partial charge in [-0.05, 0) is 24.2 Å². The quantitative estimate of drug-likeness (QED) is 0.713. The van der Waals surface area contributed by atoms with Crippen molar-refractivity contribution in [2.45, 2.75) is 13.5 Å². The maximum Gasteiger partial charge on any atom is 0.119 e. The van der Waals surface area contributed by atoms with Crippen LogP contribution in [-0.4, -0.2) is 19.7 Å². The Kier molecular flexibility index (Phi) is 5.04. The first-order valence-electron chi connectivity index (χ1n) is 4.99.